The molecule has 0 heterocycles. The lowest BCUT2D eigenvalue weighted by atomic mass is 9.83. The van der Waals surface area contributed by atoms with Gasteiger partial charge in [-0.25, -0.2) is 0 Å². The second-order valence-corrected chi connectivity index (χ2v) is 6.12. The topological polar surface area (TPSA) is 129 Å². The maximum absolute atomic E-state index is 12.4. The van der Waals surface area contributed by atoms with E-state index in [-0.39, 0.29) is 16.7 Å². The minimum Gasteiger partial charge on any atom is -0.504 e. The maximum atomic E-state index is 12.4. The number of phenols is 2. The monoisotopic (exact) mass is 320 g/mol. The largest absolute Gasteiger partial charge is 0.504 e. The Hall–Kier alpha value is -2.71. The fourth-order valence-electron chi connectivity index (χ4n) is 2.35. The van der Waals surface area contributed by atoms with Crippen molar-refractivity contribution < 1.29 is 32.8 Å². The number of phenolic OH excluding ortho intramolecular Hbond substituents is 2. The Morgan fingerprint density at radius 3 is 2.09 bits per heavy atom. The number of ketones is 2. The van der Waals surface area contributed by atoms with Gasteiger partial charge in [-0.3, -0.25) is 14.1 Å². The van der Waals surface area contributed by atoms with Crippen molar-refractivity contribution in [3.05, 3.63) is 52.6 Å². The summed E-state index contributed by atoms with van der Waals surface area (Å²) in [5.74, 6) is -2.74. The second-order valence-electron chi connectivity index (χ2n) is 4.70. The van der Waals surface area contributed by atoms with Crippen LogP contribution in [0.5, 0.6) is 11.5 Å². The summed E-state index contributed by atoms with van der Waals surface area (Å²) >= 11 is 0. The van der Waals surface area contributed by atoms with E-state index >= 15 is 0 Å². The van der Waals surface area contributed by atoms with Gasteiger partial charge < -0.3 is 10.2 Å². The van der Waals surface area contributed by atoms with Gasteiger partial charge in [-0.15, -0.1) is 0 Å². The normalized spacial score (nSPS) is 13.7. The van der Waals surface area contributed by atoms with Gasteiger partial charge in [-0.1, -0.05) is 0 Å². The van der Waals surface area contributed by atoms with Crippen molar-refractivity contribution in [3.63, 3.8) is 0 Å². The van der Waals surface area contributed by atoms with E-state index in [1.165, 1.54) is 6.07 Å². The number of aromatic hydroxyl groups is 2. The van der Waals surface area contributed by atoms with Crippen LogP contribution in [0.25, 0.3) is 0 Å². The van der Waals surface area contributed by atoms with Crippen LogP contribution in [-0.2, 0) is 10.1 Å². The lowest BCUT2D eigenvalue weighted by Crippen LogP contribution is -2.21. The van der Waals surface area contributed by atoms with E-state index in [1.54, 1.807) is 0 Å². The highest BCUT2D eigenvalue weighted by atomic mass is 32.2. The number of rotatable bonds is 1. The highest BCUT2D eigenvalue weighted by molar-refractivity contribution is 7.85. The van der Waals surface area contributed by atoms with E-state index in [9.17, 15) is 28.2 Å². The Bertz CT molecular complexity index is 957. The van der Waals surface area contributed by atoms with E-state index in [0.29, 0.717) is 0 Å². The third kappa shape index (κ3) is 1.89. The molecule has 0 radical (unpaired) electrons. The first-order chi connectivity index (χ1) is 10.2. The van der Waals surface area contributed by atoms with E-state index in [2.05, 4.69) is 0 Å². The minimum absolute atomic E-state index is 0.0463. The highest BCUT2D eigenvalue weighted by Crippen LogP contribution is 2.38. The molecular formula is C14H8O7S. The standard InChI is InChI=1S/C14H8O7S/c15-10-4-3-8-11(14(10)18)13(17)9-5-6(22(19,20)21)1-2-7(9)12(8)16/h1-5,15,18H,(H,19,20,21). The van der Waals surface area contributed by atoms with Crippen LogP contribution < -0.4 is 0 Å². The average molecular weight is 320 g/mol. The Labute approximate surface area is 124 Å². The highest BCUT2D eigenvalue weighted by Gasteiger charge is 2.34. The van der Waals surface area contributed by atoms with Gasteiger partial charge in [0.05, 0.1) is 10.5 Å². The van der Waals surface area contributed by atoms with Crippen molar-refractivity contribution in [2.24, 2.45) is 0 Å². The van der Waals surface area contributed by atoms with Crippen molar-refractivity contribution >= 4 is 21.7 Å². The molecule has 22 heavy (non-hydrogen) atoms. The first-order valence-electron chi connectivity index (χ1n) is 5.97. The van der Waals surface area contributed by atoms with Gasteiger partial charge in [0, 0.05) is 16.7 Å². The van der Waals surface area contributed by atoms with Crippen LogP contribution in [0.2, 0.25) is 0 Å². The van der Waals surface area contributed by atoms with Crippen LogP contribution in [0.1, 0.15) is 31.8 Å². The molecule has 2 aromatic rings. The summed E-state index contributed by atoms with van der Waals surface area (Å²) in [4.78, 5) is 24.2. The number of benzene rings is 2. The van der Waals surface area contributed by atoms with Crippen molar-refractivity contribution in [2.45, 2.75) is 4.90 Å². The number of fused-ring (bicyclic) bond motifs is 2. The quantitative estimate of drug-likeness (QED) is 0.452. The molecule has 0 fully saturated rings. The minimum atomic E-state index is -4.55. The van der Waals surface area contributed by atoms with Crippen molar-refractivity contribution in [2.75, 3.05) is 0 Å². The molecule has 0 saturated carbocycles. The average Bonchev–Trinajstić information content (AvgIpc) is 2.46. The molecule has 0 aromatic heterocycles. The summed E-state index contributed by atoms with van der Waals surface area (Å²) in [6.45, 7) is 0. The van der Waals surface area contributed by atoms with E-state index < -0.39 is 43.6 Å². The Morgan fingerprint density at radius 2 is 1.45 bits per heavy atom. The smallest absolute Gasteiger partial charge is 0.294 e. The second kappa shape index (κ2) is 4.39. The molecule has 3 rings (SSSR count). The third-order valence-electron chi connectivity index (χ3n) is 3.41. The molecule has 1 aliphatic rings. The van der Waals surface area contributed by atoms with E-state index in [1.807, 2.05) is 0 Å². The lowest BCUT2D eigenvalue weighted by molar-refractivity contribution is 0.0976. The van der Waals surface area contributed by atoms with Crippen LogP contribution in [0.15, 0.2) is 35.2 Å². The van der Waals surface area contributed by atoms with Gasteiger partial charge in [0.1, 0.15) is 0 Å². The zero-order valence-corrected chi connectivity index (χ0v) is 11.6. The number of carbonyl (C=O) groups is 2. The molecule has 1 aliphatic carbocycles. The molecular weight excluding hydrogens is 312 g/mol. The van der Waals surface area contributed by atoms with E-state index in [4.69, 9.17) is 4.55 Å². The van der Waals surface area contributed by atoms with Gasteiger partial charge in [-0.2, -0.15) is 8.42 Å². The predicted octanol–water partition coefficient (Wildman–Crippen LogP) is 1.12. The molecule has 0 unspecified atom stereocenters. The molecule has 0 saturated heterocycles. The third-order valence-corrected chi connectivity index (χ3v) is 4.26. The first kappa shape index (κ1) is 14.2. The van der Waals surface area contributed by atoms with E-state index in [0.717, 1.165) is 24.3 Å². The van der Waals surface area contributed by atoms with Crippen molar-refractivity contribution in [3.8, 4) is 11.5 Å². The maximum Gasteiger partial charge on any atom is 0.294 e. The molecule has 112 valence electrons. The zero-order valence-electron chi connectivity index (χ0n) is 10.8. The van der Waals surface area contributed by atoms with Crippen LogP contribution in [0.4, 0.5) is 0 Å². The van der Waals surface area contributed by atoms with Gasteiger partial charge in [0.15, 0.2) is 23.1 Å². The molecule has 7 nitrogen and oxygen atoms in total. The van der Waals surface area contributed by atoms with Gasteiger partial charge >= 0.3 is 0 Å². The summed E-state index contributed by atoms with van der Waals surface area (Å²) in [7, 11) is -4.55. The first-order valence-corrected chi connectivity index (χ1v) is 7.41. The molecule has 2 aromatic carbocycles. The lowest BCUT2D eigenvalue weighted by Gasteiger charge is -2.19. The molecule has 3 N–H and O–H groups in total. The molecule has 8 heteroatoms. The predicted molar refractivity (Wildman–Crippen MR) is 72.9 cm³/mol. The zero-order chi connectivity index (χ0) is 16.2. The molecule has 0 bridgehead atoms. The Balaban J connectivity index is 2.33. The summed E-state index contributed by atoms with van der Waals surface area (Å²) in [6, 6.07) is 5.26. The Kier molecular flexibility index (Phi) is 2.84. The van der Waals surface area contributed by atoms with Crippen LogP contribution in [0.3, 0.4) is 0 Å². The summed E-state index contributed by atoms with van der Waals surface area (Å²) in [5.41, 5.74) is -0.805. The molecule has 0 amide bonds. The van der Waals surface area contributed by atoms with Gasteiger partial charge in [0.25, 0.3) is 10.1 Å². The van der Waals surface area contributed by atoms with Crippen molar-refractivity contribution in [1.82, 2.24) is 0 Å². The summed E-state index contributed by atoms with van der Waals surface area (Å²) < 4.78 is 31.3. The van der Waals surface area contributed by atoms with Gasteiger partial charge in [-0.05, 0) is 30.3 Å². The molecule has 0 spiro atoms. The number of hydrogen-bond donors (Lipinski definition) is 3. The SMILES string of the molecule is O=C1c2ccc(S(=O)(=O)O)cc2C(=O)c2c1ccc(O)c2O. The molecule has 0 atom stereocenters. The molecule has 0 aliphatic heterocycles. The Morgan fingerprint density at radius 1 is 0.818 bits per heavy atom. The summed E-state index contributed by atoms with van der Waals surface area (Å²) in [6.07, 6.45) is 0. The van der Waals surface area contributed by atoms with Crippen LogP contribution in [-0.4, -0.2) is 34.8 Å². The van der Waals surface area contributed by atoms with Crippen LogP contribution >= 0.6 is 0 Å². The fraction of sp³-hybridized carbons (Fsp3) is 0. The van der Waals surface area contributed by atoms with Crippen LogP contribution in [0, 0.1) is 0 Å². The van der Waals surface area contributed by atoms with Crippen molar-refractivity contribution in [1.29, 1.82) is 0 Å². The number of hydrogen-bond acceptors (Lipinski definition) is 6. The fourth-order valence-corrected chi connectivity index (χ4v) is 2.86. The summed E-state index contributed by atoms with van der Waals surface area (Å²) in [5, 5.41) is 19.3. The number of carbonyl (C=O) groups excluding carboxylic acids is 2. The van der Waals surface area contributed by atoms with Gasteiger partial charge in [0.2, 0.25) is 0 Å².